The Balaban J connectivity index is 0. The van der Waals surface area contributed by atoms with Gasteiger partial charge in [-0.05, 0) is 19.1 Å². The molecular weight excluding hydrogens is 150 g/mol. The molecule has 0 fully saturated rings. The normalized spacial score (nSPS) is 7.17. The summed E-state index contributed by atoms with van der Waals surface area (Å²) in [5.41, 5.74) is 5.27. The number of furan rings is 1. The number of nitrogens with two attached hydrogens (primary N) is 1. The minimum absolute atomic E-state index is 0.494. The minimum Gasteiger partial charge on any atom is -0.465 e. The Morgan fingerprint density at radius 1 is 1.33 bits per heavy atom. The van der Waals surface area contributed by atoms with Crippen molar-refractivity contribution >= 4 is 0 Å². The number of terminal acetylenes is 1. The van der Waals surface area contributed by atoms with Crippen LogP contribution in [0.15, 0.2) is 16.5 Å². The molecular formula is C10H17NO. The van der Waals surface area contributed by atoms with E-state index in [0.717, 1.165) is 11.5 Å². The van der Waals surface area contributed by atoms with Gasteiger partial charge in [0.15, 0.2) is 0 Å². The highest BCUT2D eigenvalue weighted by atomic mass is 16.3. The molecule has 0 saturated heterocycles. The maximum atomic E-state index is 5.27. The zero-order valence-electron chi connectivity index (χ0n) is 8.00. The van der Waals surface area contributed by atoms with E-state index in [9.17, 15) is 0 Å². The van der Waals surface area contributed by atoms with Crippen molar-refractivity contribution in [3.8, 4) is 12.8 Å². The standard InChI is InChI=1S/C6H9NO.C2H6.C2H2/c1-5-2-3-6(4-7)8-5;2*1-2/h2-3H,4,7H2,1H3;1-2H3;1-2H. The Morgan fingerprint density at radius 3 is 2.00 bits per heavy atom. The van der Waals surface area contributed by atoms with Gasteiger partial charge >= 0.3 is 0 Å². The highest BCUT2D eigenvalue weighted by molar-refractivity contribution is 5.04. The van der Waals surface area contributed by atoms with Crippen LogP contribution in [0.5, 0.6) is 0 Å². The van der Waals surface area contributed by atoms with Crippen LogP contribution in [0, 0.1) is 19.8 Å². The van der Waals surface area contributed by atoms with Gasteiger partial charge in [-0.25, -0.2) is 0 Å². The summed E-state index contributed by atoms with van der Waals surface area (Å²) < 4.78 is 5.11. The van der Waals surface area contributed by atoms with Crippen LogP contribution >= 0.6 is 0 Å². The average Bonchev–Trinajstić information content (AvgIpc) is 2.58. The molecule has 0 radical (unpaired) electrons. The first-order chi connectivity index (χ1) is 5.83. The second-order valence-electron chi connectivity index (χ2n) is 1.72. The summed E-state index contributed by atoms with van der Waals surface area (Å²) in [5.74, 6) is 1.77. The highest BCUT2D eigenvalue weighted by Gasteiger charge is 1.91. The Bertz CT molecular complexity index is 201. The number of rotatable bonds is 1. The van der Waals surface area contributed by atoms with E-state index < -0.39 is 0 Å². The smallest absolute Gasteiger partial charge is 0.117 e. The first-order valence-electron chi connectivity index (χ1n) is 3.91. The third-order valence-corrected chi connectivity index (χ3v) is 0.997. The fourth-order valence-electron chi connectivity index (χ4n) is 0.595. The van der Waals surface area contributed by atoms with Crippen LogP contribution in [0.1, 0.15) is 25.4 Å². The molecule has 1 aromatic rings. The Labute approximate surface area is 74.8 Å². The summed E-state index contributed by atoms with van der Waals surface area (Å²) in [4.78, 5) is 0. The van der Waals surface area contributed by atoms with E-state index >= 15 is 0 Å². The zero-order chi connectivity index (χ0) is 9.98. The van der Waals surface area contributed by atoms with Gasteiger partial charge in [-0.2, -0.15) is 0 Å². The molecule has 2 heteroatoms. The quantitative estimate of drug-likeness (QED) is 0.652. The van der Waals surface area contributed by atoms with E-state index in [1.165, 1.54) is 0 Å². The third-order valence-electron chi connectivity index (χ3n) is 0.997. The van der Waals surface area contributed by atoms with Crippen LogP contribution < -0.4 is 5.73 Å². The number of hydrogen-bond acceptors (Lipinski definition) is 2. The van der Waals surface area contributed by atoms with Gasteiger partial charge in [0, 0.05) is 0 Å². The Kier molecular flexibility index (Phi) is 10.9. The molecule has 0 aliphatic heterocycles. The van der Waals surface area contributed by atoms with Crippen molar-refractivity contribution < 1.29 is 4.42 Å². The van der Waals surface area contributed by atoms with Gasteiger partial charge in [0.05, 0.1) is 6.54 Å². The lowest BCUT2D eigenvalue weighted by Gasteiger charge is -1.83. The van der Waals surface area contributed by atoms with Crippen molar-refractivity contribution in [3.05, 3.63) is 23.7 Å². The van der Waals surface area contributed by atoms with Crippen LogP contribution in [-0.2, 0) is 6.54 Å². The largest absolute Gasteiger partial charge is 0.465 e. The van der Waals surface area contributed by atoms with E-state index in [2.05, 4.69) is 12.8 Å². The molecule has 0 atom stereocenters. The van der Waals surface area contributed by atoms with Crippen LogP contribution in [-0.4, -0.2) is 0 Å². The van der Waals surface area contributed by atoms with E-state index in [0.29, 0.717) is 6.54 Å². The molecule has 1 rings (SSSR count). The molecule has 1 heterocycles. The lowest BCUT2D eigenvalue weighted by Crippen LogP contribution is -1.92. The minimum atomic E-state index is 0.494. The molecule has 0 saturated carbocycles. The number of hydrogen-bond donors (Lipinski definition) is 1. The second-order valence-corrected chi connectivity index (χ2v) is 1.72. The number of aryl methyl sites for hydroxylation is 1. The molecule has 0 aromatic carbocycles. The molecule has 0 amide bonds. The Hall–Kier alpha value is -1.20. The van der Waals surface area contributed by atoms with Crippen molar-refractivity contribution in [1.29, 1.82) is 0 Å². The van der Waals surface area contributed by atoms with Gasteiger partial charge in [-0.3, -0.25) is 0 Å². The molecule has 0 unspecified atom stereocenters. The highest BCUT2D eigenvalue weighted by Crippen LogP contribution is 2.03. The van der Waals surface area contributed by atoms with Crippen molar-refractivity contribution in [2.75, 3.05) is 0 Å². The van der Waals surface area contributed by atoms with Crippen molar-refractivity contribution in [1.82, 2.24) is 0 Å². The molecule has 12 heavy (non-hydrogen) atoms. The first kappa shape index (κ1) is 13.4. The van der Waals surface area contributed by atoms with E-state index in [1.54, 1.807) is 0 Å². The van der Waals surface area contributed by atoms with Gasteiger partial charge in [0.2, 0.25) is 0 Å². The van der Waals surface area contributed by atoms with Crippen molar-refractivity contribution in [2.45, 2.75) is 27.3 Å². The van der Waals surface area contributed by atoms with E-state index in [-0.39, 0.29) is 0 Å². The lowest BCUT2D eigenvalue weighted by atomic mass is 10.4. The second kappa shape index (κ2) is 9.80. The van der Waals surface area contributed by atoms with Crippen LogP contribution in [0.4, 0.5) is 0 Å². The molecule has 0 bridgehead atoms. The zero-order valence-corrected chi connectivity index (χ0v) is 8.00. The van der Waals surface area contributed by atoms with Gasteiger partial charge in [-0.1, -0.05) is 13.8 Å². The fraction of sp³-hybridized carbons (Fsp3) is 0.400. The summed E-state index contributed by atoms with van der Waals surface area (Å²) >= 11 is 0. The predicted octanol–water partition coefficient (Wildman–Crippen LogP) is 2.32. The van der Waals surface area contributed by atoms with Crippen LogP contribution in [0.3, 0.4) is 0 Å². The van der Waals surface area contributed by atoms with E-state index in [4.69, 9.17) is 10.2 Å². The summed E-state index contributed by atoms with van der Waals surface area (Å²) in [6.45, 7) is 6.40. The molecule has 0 spiro atoms. The van der Waals surface area contributed by atoms with E-state index in [1.807, 2.05) is 32.9 Å². The molecule has 2 nitrogen and oxygen atoms in total. The van der Waals surface area contributed by atoms with Gasteiger partial charge in [0.1, 0.15) is 11.5 Å². The maximum Gasteiger partial charge on any atom is 0.117 e. The molecule has 1 aromatic heterocycles. The molecule has 0 aliphatic rings. The molecule has 68 valence electrons. The topological polar surface area (TPSA) is 39.2 Å². The molecule has 2 N–H and O–H groups in total. The van der Waals surface area contributed by atoms with Gasteiger partial charge in [-0.15, -0.1) is 12.8 Å². The first-order valence-corrected chi connectivity index (χ1v) is 3.91. The van der Waals surface area contributed by atoms with Crippen LogP contribution in [0.2, 0.25) is 0 Å². The SMILES string of the molecule is C#C.CC.Cc1ccc(CN)o1. The Morgan fingerprint density at radius 2 is 1.83 bits per heavy atom. The summed E-state index contributed by atoms with van der Waals surface area (Å²) in [6, 6.07) is 3.79. The monoisotopic (exact) mass is 167 g/mol. The molecule has 0 aliphatic carbocycles. The summed E-state index contributed by atoms with van der Waals surface area (Å²) in [6.07, 6.45) is 8.00. The van der Waals surface area contributed by atoms with Crippen molar-refractivity contribution in [3.63, 3.8) is 0 Å². The van der Waals surface area contributed by atoms with Crippen molar-refractivity contribution in [2.24, 2.45) is 5.73 Å². The maximum absolute atomic E-state index is 5.27. The lowest BCUT2D eigenvalue weighted by molar-refractivity contribution is 0.485. The average molecular weight is 167 g/mol. The van der Waals surface area contributed by atoms with Gasteiger partial charge < -0.3 is 10.2 Å². The van der Waals surface area contributed by atoms with Crippen LogP contribution in [0.25, 0.3) is 0 Å². The summed E-state index contributed by atoms with van der Waals surface area (Å²) in [5, 5.41) is 0. The predicted molar refractivity (Wildman–Crippen MR) is 52.6 cm³/mol. The fourth-order valence-corrected chi connectivity index (χ4v) is 0.595. The van der Waals surface area contributed by atoms with Gasteiger partial charge in [0.25, 0.3) is 0 Å². The third kappa shape index (κ3) is 5.57. The summed E-state index contributed by atoms with van der Waals surface area (Å²) in [7, 11) is 0.